The van der Waals surface area contributed by atoms with Gasteiger partial charge in [-0.1, -0.05) is 0 Å². The van der Waals surface area contributed by atoms with E-state index in [1.807, 2.05) is 0 Å². The predicted octanol–water partition coefficient (Wildman–Crippen LogP) is 1.52. The Labute approximate surface area is 109 Å². The standard InChI is InChI=1S/C14H13FN2O2/c15-8-1-2-11-7(3-8)4-12(19-11)14(18)17-13-9-5-16-6-10(9)13/h1-4,9-10,13,16H,5-6H2,(H,17,18)/t9-,10+,13?. The smallest absolute Gasteiger partial charge is 0.287 e. The van der Waals surface area contributed by atoms with Crippen LogP contribution in [0.25, 0.3) is 11.0 Å². The topological polar surface area (TPSA) is 54.3 Å². The Bertz CT molecular complexity index is 657. The molecule has 1 saturated heterocycles. The summed E-state index contributed by atoms with van der Waals surface area (Å²) < 4.78 is 18.5. The number of piperidine rings is 1. The zero-order chi connectivity index (χ0) is 13.0. The van der Waals surface area contributed by atoms with Crippen molar-refractivity contribution in [3.8, 4) is 0 Å². The fourth-order valence-electron chi connectivity index (χ4n) is 2.98. The molecule has 2 N–H and O–H groups in total. The van der Waals surface area contributed by atoms with Gasteiger partial charge in [0.05, 0.1) is 0 Å². The number of fused-ring (bicyclic) bond motifs is 2. The van der Waals surface area contributed by atoms with E-state index in [-0.39, 0.29) is 23.5 Å². The van der Waals surface area contributed by atoms with Gasteiger partial charge in [-0.3, -0.25) is 4.79 Å². The molecule has 0 radical (unpaired) electrons. The Balaban J connectivity index is 1.55. The van der Waals surface area contributed by atoms with Gasteiger partial charge in [0.2, 0.25) is 0 Å². The molecule has 1 aromatic heterocycles. The van der Waals surface area contributed by atoms with Crippen molar-refractivity contribution in [3.63, 3.8) is 0 Å². The molecular formula is C14H13FN2O2. The van der Waals surface area contributed by atoms with Gasteiger partial charge in [0.25, 0.3) is 5.91 Å². The fraction of sp³-hybridized carbons (Fsp3) is 0.357. The van der Waals surface area contributed by atoms with Gasteiger partial charge in [-0.05, 0) is 36.1 Å². The third-order valence-corrected chi connectivity index (χ3v) is 4.09. The number of hydrogen-bond acceptors (Lipinski definition) is 3. The summed E-state index contributed by atoms with van der Waals surface area (Å²) in [6.07, 6.45) is 0. The van der Waals surface area contributed by atoms with Gasteiger partial charge < -0.3 is 15.1 Å². The summed E-state index contributed by atoms with van der Waals surface area (Å²) in [6, 6.07) is 6.08. The molecule has 4 rings (SSSR count). The summed E-state index contributed by atoms with van der Waals surface area (Å²) >= 11 is 0. The second kappa shape index (κ2) is 3.81. The van der Waals surface area contributed by atoms with E-state index in [0.29, 0.717) is 22.8 Å². The number of benzene rings is 1. The molecule has 1 saturated carbocycles. The van der Waals surface area contributed by atoms with Crippen molar-refractivity contribution in [2.45, 2.75) is 6.04 Å². The highest BCUT2D eigenvalue weighted by molar-refractivity contribution is 5.96. The highest BCUT2D eigenvalue weighted by Crippen LogP contribution is 2.41. The van der Waals surface area contributed by atoms with Crippen molar-refractivity contribution in [2.75, 3.05) is 13.1 Å². The molecule has 4 nitrogen and oxygen atoms in total. The van der Waals surface area contributed by atoms with Gasteiger partial charge in [-0.15, -0.1) is 0 Å². The molecule has 2 fully saturated rings. The van der Waals surface area contributed by atoms with E-state index in [9.17, 15) is 9.18 Å². The maximum Gasteiger partial charge on any atom is 0.287 e. The maximum absolute atomic E-state index is 13.1. The zero-order valence-corrected chi connectivity index (χ0v) is 10.2. The molecule has 0 bridgehead atoms. The zero-order valence-electron chi connectivity index (χ0n) is 10.2. The van der Waals surface area contributed by atoms with Gasteiger partial charge in [-0.25, -0.2) is 4.39 Å². The third-order valence-electron chi connectivity index (χ3n) is 4.09. The van der Waals surface area contributed by atoms with Gasteiger partial charge in [0.1, 0.15) is 11.4 Å². The molecule has 2 aliphatic rings. The normalized spacial score (nSPS) is 28.4. The van der Waals surface area contributed by atoms with Crippen molar-refractivity contribution in [3.05, 3.63) is 35.8 Å². The second-order valence-electron chi connectivity index (χ2n) is 5.28. The molecule has 2 aromatic rings. The van der Waals surface area contributed by atoms with Crippen LogP contribution in [0.3, 0.4) is 0 Å². The van der Waals surface area contributed by atoms with Crippen molar-refractivity contribution in [1.82, 2.24) is 10.6 Å². The molecule has 3 atom stereocenters. The van der Waals surface area contributed by atoms with Crippen LogP contribution in [0.4, 0.5) is 4.39 Å². The summed E-state index contributed by atoms with van der Waals surface area (Å²) in [6.45, 7) is 1.95. The van der Waals surface area contributed by atoms with Crippen LogP contribution >= 0.6 is 0 Å². The van der Waals surface area contributed by atoms with E-state index in [1.165, 1.54) is 18.2 Å². The average molecular weight is 260 g/mol. The molecule has 19 heavy (non-hydrogen) atoms. The summed E-state index contributed by atoms with van der Waals surface area (Å²) in [7, 11) is 0. The van der Waals surface area contributed by atoms with E-state index in [4.69, 9.17) is 4.42 Å². The lowest BCUT2D eigenvalue weighted by Crippen LogP contribution is -2.32. The Morgan fingerprint density at radius 1 is 1.32 bits per heavy atom. The largest absolute Gasteiger partial charge is 0.451 e. The predicted molar refractivity (Wildman–Crippen MR) is 67.3 cm³/mol. The van der Waals surface area contributed by atoms with Gasteiger partial charge in [-0.2, -0.15) is 0 Å². The van der Waals surface area contributed by atoms with E-state index < -0.39 is 0 Å². The Kier molecular flexibility index (Phi) is 2.20. The van der Waals surface area contributed by atoms with Crippen LogP contribution in [-0.4, -0.2) is 25.0 Å². The molecule has 1 amide bonds. The van der Waals surface area contributed by atoms with Crippen LogP contribution in [0.1, 0.15) is 10.6 Å². The molecule has 5 heteroatoms. The molecule has 0 spiro atoms. The van der Waals surface area contributed by atoms with Gasteiger partial charge >= 0.3 is 0 Å². The lowest BCUT2D eigenvalue weighted by molar-refractivity contribution is 0.0921. The first-order valence-corrected chi connectivity index (χ1v) is 6.43. The SMILES string of the molecule is O=C(NC1[C@H]2CNC[C@@H]12)c1cc2cc(F)ccc2o1. The van der Waals surface area contributed by atoms with E-state index >= 15 is 0 Å². The van der Waals surface area contributed by atoms with Crippen LogP contribution in [0.2, 0.25) is 0 Å². The van der Waals surface area contributed by atoms with E-state index in [0.717, 1.165) is 13.1 Å². The molecular weight excluding hydrogens is 247 g/mol. The molecule has 1 aliphatic heterocycles. The number of hydrogen-bond donors (Lipinski definition) is 2. The van der Waals surface area contributed by atoms with Crippen LogP contribution in [-0.2, 0) is 0 Å². The first kappa shape index (κ1) is 11.0. The van der Waals surface area contributed by atoms with Crippen LogP contribution in [0.15, 0.2) is 28.7 Å². The summed E-state index contributed by atoms with van der Waals surface area (Å²) in [5, 5.41) is 6.87. The van der Waals surface area contributed by atoms with Crippen LogP contribution < -0.4 is 10.6 Å². The molecule has 1 aliphatic carbocycles. The lowest BCUT2D eigenvalue weighted by Gasteiger charge is -2.05. The Morgan fingerprint density at radius 3 is 2.89 bits per heavy atom. The molecule has 1 aromatic carbocycles. The highest BCUT2D eigenvalue weighted by atomic mass is 19.1. The number of amides is 1. The number of halogens is 1. The number of nitrogens with one attached hydrogen (secondary N) is 2. The number of rotatable bonds is 2. The lowest BCUT2D eigenvalue weighted by atomic mass is 10.2. The van der Waals surface area contributed by atoms with Crippen molar-refractivity contribution < 1.29 is 13.6 Å². The van der Waals surface area contributed by atoms with Crippen LogP contribution in [0, 0.1) is 17.7 Å². The quantitative estimate of drug-likeness (QED) is 0.860. The molecule has 1 unspecified atom stereocenters. The average Bonchev–Trinajstić information content (AvgIpc) is 2.83. The maximum atomic E-state index is 13.1. The summed E-state index contributed by atoms with van der Waals surface area (Å²) in [5.74, 6) is 0.828. The Hall–Kier alpha value is -1.88. The third kappa shape index (κ3) is 1.73. The number of carbonyl (C=O) groups is 1. The fourth-order valence-corrected chi connectivity index (χ4v) is 2.98. The van der Waals surface area contributed by atoms with E-state index in [2.05, 4.69) is 10.6 Å². The van der Waals surface area contributed by atoms with Crippen molar-refractivity contribution in [2.24, 2.45) is 11.8 Å². The second-order valence-corrected chi connectivity index (χ2v) is 5.28. The van der Waals surface area contributed by atoms with E-state index in [1.54, 1.807) is 6.07 Å². The van der Waals surface area contributed by atoms with Gasteiger partial charge in [0.15, 0.2) is 5.76 Å². The first-order valence-electron chi connectivity index (χ1n) is 6.43. The molecule has 2 heterocycles. The number of carbonyl (C=O) groups excluding carboxylic acids is 1. The van der Waals surface area contributed by atoms with Crippen LogP contribution in [0.5, 0.6) is 0 Å². The minimum Gasteiger partial charge on any atom is -0.451 e. The minimum absolute atomic E-state index is 0.212. The monoisotopic (exact) mass is 260 g/mol. The van der Waals surface area contributed by atoms with Crippen molar-refractivity contribution >= 4 is 16.9 Å². The summed E-state index contributed by atoms with van der Waals surface area (Å²) in [5.41, 5.74) is 0.532. The Morgan fingerprint density at radius 2 is 2.11 bits per heavy atom. The van der Waals surface area contributed by atoms with Gasteiger partial charge in [0, 0.05) is 24.5 Å². The van der Waals surface area contributed by atoms with Crippen molar-refractivity contribution in [1.29, 1.82) is 0 Å². The summed E-state index contributed by atoms with van der Waals surface area (Å²) in [4.78, 5) is 12.1. The number of furan rings is 1. The minimum atomic E-state index is -0.331. The molecule has 98 valence electrons. The highest BCUT2D eigenvalue weighted by Gasteiger charge is 2.53. The first-order chi connectivity index (χ1) is 9.22.